The molecule has 3 nitrogen and oxygen atoms in total. The molecule has 1 aromatic carbocycles. The summed E-state index contributed by atoms with van der Waals surface area (Å²) in [4.78, 5) is 4.38. The van der Waals surface area contributed by atoms with Gasteiger partial charge in [-0.25, -0.2) is 4.98 Å². The highest BCUT2D eigenvalue weighted by atomic mass is 35.5. The predicted molar refractivity (Wildman–Crippen MR) is 114 cm³/mol. The van der Waals surface area contributed by atoms with Crippen molar-refractivity contribution in [2.24, 2.45) is 0 Å². The average Bonchev–Trinajstić information content (AvgIpc) is 2.66. The molecule has 0 radical (unpaired) electrons. The van der Waals surface area contributed by atoms with E-state index in [0.29, 0.717) is 21.0 Å². The minimum Gasteiger partial charge on any atom is -0.362 e. The number of halogens is 2. The summed E-state index contributed by atoms with van der Waals surface area (Å²) in [6, 6.07) is 12.4. The van der Waals surface area contributed by atoms with Gasteiger partial charge < -0.3 is 10.6 Å². The zero-order chi connectivity index (χ0) is 18.6. The SMILES string of the molecule is Cc1nc(NC(=S)NCC2(c3ccccc3)CCCCC2)c(Cl)cc1Cl. The van der Waals surface area contributed by atoms with E-state index in [9.17, 15) is 0 Å². The molecule has 0 atom stereocenters. The van der Waals surface area contributed by atoms with Crippen LogP contribution in [0.2, 0.25) is 10.0 Å². The topological polar surface area (TPSA) is 37.0 Å². The first-order chi connectivity index (χ1) is 12.5. The summed E-state index contributed by atoms with van der Waals surface area (Å²) in [5.74, 6) is 0.531. The summed E-state index contributed by atoms with van der Waals surface area (Å²) in [6.07, 6.45) is 6.15. The largest absolute Gasteiger partial charge is 0.362 e. The molecule has 0 aliphatic heterocycles. The van der Waals surface area contributed by atoms with Crippen LogP contribution in [0.3, 0.4) is 0 Å². The van der Waals surface area contributed by atoms with E-state index in [1.807, 2.05) is 6.92 Å². The van der Waals surface area contributed by atoms with Crippen LogP contribution in [0.4, 0.5) is 5.82 Å². The third-order valence-electron chi connectivity index (χ3n) is 5.12. The van der Waals surface area contributed by atoms with Gasteiger partial charge in [0.2, 0.25) is 0 Å². The number of thiocarbonyl (C=S) groups is 1. The van der Waals surface area contributed by atoms with E-state index >= 15 is 0 Å². The van der Waals surface area contributed by atoms with Gasteiger partial charge in [-0.2, -0.15) is 0 Å². The molecule has 6 heteroatoms. The molecular weight excluding hydrogens is 385 g/mol. The Bertz CT molecular complexity index is 774. The van der Waals surface area contributed by atoms with Crippen LogP contribution in [0.5, 0.6) is 0 Å². The Balaban J connectivity index is 1.70. The van der Waals surface area contributed by atoms with Crippen LogP contribution < -0.4 is 10.6 Å². The number of aryl methyl sites for hydroxylation is 1. The van der Waals surface area contributed by atoms with Crippen molar-refractivity contribution in [2.45, 2.75) is 44.4 Å². The molecule has 1 fully saturated rings. The van der Waals surface area contributed by atoms with Crippen molar-refractivity contribution in [3.8, 4) is 0 Å². The number of nitrogens with one attached hydrogen (secondary N) is 2. The molecule has 1 aromatic heterocycles. The molecule has 0 unspecified atom stereocenters. The molecule has 2 N–H and O–H groups in total. The summed E-state index contributed by atoms with van der Waals surface area (Å²) in [5, 5.41) is 8.03. The Morgan fingerprint density at radius 2 is 1.81 bits per heavy atom. The lowest BCUT2D eigenvalue weighted by molar-refractivity contribution is 0.292. The van der Waals surface area contributed by atoms with Gasteiger partial charge in [-0.1, -0.05) is 72.8 Å². The Kier molecular flexibility index (Phi) is 6.38. The van der Waals surface area contributed by atoms with Gasteiger partial charge in [-0.15, -0.1) is 0 Å². The zero-order valence-corrected chi connectivity index (χ0v) is 17.1. The molecule has 3 rings (SSSR count). The average molecular weight is 408 g/mol. The maximum absolute atomic E-state index is 6.22. The Labute approximate surface area is 170 Å². The minimum absolute atomic E-state index is 0.123. The van der Waals surface area contributed by atoms with Crippen molar-refractivity contribution in [1.29, 1.82) is 0 Å². The Morgan fingerprint density at radius 3 is 2.50 bits per heavy atom. The molecule has 1 saturated carbocycles. The highest BCUT2D eigenvalue weighted by molar-refractivity contribution is 7.80. The summed E-state index contributed by atoms with van der Waals surface area (Å²) in [6.45, 7) is 2.64. The second kappa shape index (κ2) is 8.55. The molecule has 1 aliphatic carbocycles. The van der Waals surface area contributed by atoms with Crippen molar-refractivity contribution >= 4 is 46.4 Å². The maximum Gasteiger partial charge on any atom is 0.172 e. The van der Waals surface area contributed by atoms with Gasteiger partial charge in [-0.3, -0.25) is 0 Å². The van der Waals surface area contributed by atoms with Crippen molar-refractivity contribution in [2.75, 3.05) is 11.9 Å². The van der Waals surface area contributed by atoms with Gasteiger partial charge in [0.25, 0.3) is 0 Å². The van der Waals surface area contributed by atoms with E-state index in [-0.39, 0.29) is 5.41 Å². The Hall–Kier alpha value is -1.36. The predicted octanol–water partition coefficient (Wildman–Crippen LogP) is 5.89. The number of pyridine rings is 1. The quantitative estimate of drug-likeness (QED) is 0.619. The number of rotatable bonds is 4. The lowest BCUT2D eigenvalue weighted by atomic mass is 9.69. The van der Waals surface area contributed by atoms with Gasteiger partial charge in [0.15, 0.2) is 10.9 Å². The van der Waals surface area contributed by atoms with Crippen molar-refractivity contribution in [1.82, 2.24) is 10.3 Å². The van der Waals surface area contributed by atoms with E-state index < -0.39 is 0 Å². The van der Waals surface area contributed by atoms with Gasteiger partial charge in [0, 0.05) is 12.0 Å². The van der Waals surface area contributed by atoms with Crippen molar-refractivity contribution in [3.05, 3.63) is 57.7 Å². The fourth-order valence-corrected chi connectivity index (χ4v) is 4.21. The molecule has 138 valence electrons. The number of aromatic nitrogens is 1. The third-order valence-corrected chi connectivity index (χ3v) is 6.04. The van der Waals surface area contributed by atoms with Gasteiger partial charge >= 0.3 is 0 Å². The smallest absolute Gasteiger partial charge is 0.172 e. The molecule has 0 bridgehead atoms. The number of nitrogens with zero attached hydrogens (tertiary/aromatic N) is 1. The number of anilines is 1. The Morgan fingerprint density at radius 1 is 1.12 bits per heavy atom. The molecule has 2 aromatic rings. The summed E-state index contributed by atoms with van der Waals surface area (Å²) in [7, 11) is 0. The van der Waals surface area contributed by atoms with Crippen LogP contribution >= 0.6 is 35.4 Å². The van der Waals surface area contributed by atoms with Crippen LogP contribution in [-0.2, 0) is 5.41 Å². The van der Waals surface area contributed by atoms with Crippen LogP contribution in [0, 0.1) is 6.92 Å². The van der Waals surface area contributed by atoms with Crippen LogP contribution in [0.1, 0.15) is 43.4 Å². The first-order valence-corrected chi connectivity index (χ1v) is 10.1. The number of hydrogen-bond donors (Lipinski definition) is 2. The monoisotopic (exact) mass is 407 g/mol. The van der Waals surface area contributed by atoms with Crippen LogP contribution in [0.15, 0.2) is 36.4 Å². The molecular formula is C20H23Cl2N3S. The summed E-state index contributed by atoms with van der Waals surface area (Å²) < 4.78 is 0. The highest BCUT2D eigenvalue weighted by Gasteiger charge is 2.33. The fraction of sp³-hybridized carbons (Fsp3) is 0.400. The molecule has 1 heterocycles. The summed E-state index contributed by atoms with van der Waals surface area (Å²) >= 11 is 17.8. The first kappa shape index (κ1) is 19.4. The standard InChI is InChI=1S/C20H23Cl2N3S/c1-14-16(21)12-17(22)18(24-14)25-19(26)23-13-20(10-6-3-7-11-20)15-8-4-2-5-9-15/h2,4-5,8-9,12H,3,6-7,10-11,13H2,1H3,(H2,23,24,25,26). The maximum atomic E-state index is 6.22. The van der Waals surface area contributed by atoms with Crippen molar-refractivity contribution < 1.29 is 0 Å². The van der Waals surface area contributed by atoms with E-state index in [1.165, 1.54) is 37.7 Å². The second-order valence-electron chi connectivity index (χ2n) is 6.90. The van der Waals surface area contributed by atoms with Gasteiger partial charge in [0.05, 0.1) is 15.7 Å². The van der Waals surface area contributed by atoms with E-state index in [0.717, 1.165) is 12.2 Å². The molecule has 26 heavy (non-hydrogen) atoms. The van der Waals surface area contributed by atoms with Gasteiger partial charge in [0.1, 0.15) is 0 Å². The summed E-state index contributed by atoms with van der Waals surface area (Å²) in [5.41, 5.74) is 2.22. The zero-order valence-electron chi connectivity index (χ0n) is 14.8. The van der Waals surface area contributed by atoms with Gasteiger partial charge in [-0.05, 0) is 43.6 Å². The highest BCUT2D eigenvalue weighted by Crippen LogP contribution is 2.39. The lowest BCUT2D eigenvalue weighted by Gasteiger charge is -2.38. The normalized spacial score (nSPS) is 16.1. The van der Waals surface area contributed by atoms with Crippen molar-refractivity contribution in [3.63, 3.8) is 0 Å². The minimum atomic E-state index is 0.123. The second-order valence-corrected chi connectivity index (χ2v) is 8.12. The molecule has 1 aliphatic rings. The molecule has 0 spiro atoms. The third kappa shape index (κ3) is 4.48. The van der Waals surface area contributed by atoms with E-state index in [2.05, 4.69) is 45.9 Å². The lowest BCUT2D eigenvalue weighted by Crippen LogP contribution is -2.43. The first-order valence-electron chi connectivity index (χ1n) is 8.93. The van der Waals surface area contributed by atoms with Crippen LogP contribution in [0.25, 0.3) is 0 Å². The molecule has 0 amide bonds. The van der Waals surface area contributed by atoms with E-state index in [4.69, 9.17) is 35.4 Å². The number of benzene rings is 1. The number of hydrogen-bond acceptors (Lipinski definition) is 2. The fourth-order valence-electron chi connectivity index (χ4n) is 3.64. The van der Waals surface area contributed by atoms with E-state index in [1.54, 1.807) is 6.07 Å². The van der Waals surface area contributed by atoms with Crippen LogP contribution in [-0.4, -0.2) is 16.6 Å². The molecule has 0 saturated heterocycles.